The number of halogens is 2. The molecule has 3 rings (SSSR count). The first-order valence-corrected chi connectivity index (χ1v) is 12.2. The standard InChI is InChI=1S/C23H22Cl2N4O6S/c1-12-20(28-11-36-12)22(32)27-10-17(23(33)34)29-21(31)19-15(24)7-13(8-16(19)25)9-26-18(30)5-4-14-3-2-6-35-14/h2-8,17,20,28H,1,9-11H2,(H,26,30)(H,27,32)(H,29,31)(H,33,34)/b5-4+/t17?,20-/m1/s1. The number of nitrogens with one attached hydrogen (secondary N) is 4. The quantitative estimate of drug-likeness (QED) is 0.282. The van der Waals surface area contributed by atoms with Gasteiger partial charge in [-0.3, -0.25) is 19.7 Å². The van der Waals surface area contributed by atoms with Gasteiger partial charge in [-0.25, -0.2) is 4.79 Å². The van der Waals surface area contributed by atoms with Gasteiger partial charge in [0.15, 0.2) is 0 Å². The SMILES string of the molecule is C=C1SCN[C@H]1C(=O)NCC(NC(=O)c1c(Cl)cc(CNC(=O)/C=C/c2ccco2)cc1Cl)C(=O)O. The fourth-order valence-electron chi connectivity index (χ4n) is 3.13. The molecule has 1 aliphatic rings. The summed E-state index contributed by atoms with van der Waals surface area (Å²) in [4.78, 5) is 49.3. The summed E-state index contributed by atoms with van der Waals surface area (Å²) in [5.74, 6) is -1.99. The molecule has 1 unspecified atom stereocenters. The minimum absolute atomic E-state index is 0.0352. The first-order valence-electron chi connectivity index (χ1n) is 10.5. The van der Waals surface area contributed by atoms with Crippen molar-refractivity contribution in [2.45, 2.75) is 18.6 Å². The predicted molar refractivity (Wildman–Crippen MR) is 136 cm³/mol. The minimum Gasteiger partial charge on any atom is -0.480 e. The van der Waals surface area contributed by atoms with Gasteiger partial charge >= 0.3 is 5.97 Å². The maximum Gasteiger partial charge on any atom is 0.328 e. The average molecular weight is 553 g/mol. The molecular formula is C23H22Cl2N4O6S. The molecule has 36 heavy (non-hydrogen) atoms. The molecule has 10 nitrogen and oxygen atoms in total. The Kier molecular flexibility index (Phi) is 9.59. The Bertz CT molecular complexity index is 1180. The summed E-state index contributed by atoms with van der Waals surface area (Å²) < 4.78 is 5.11. The number of benzene rings is 1. The van der Waals surface area contributed by atoms with Crippen LogP contribution in [0.4, 0.5) is 0 Å². The molecule has 0 spiro atoms. The molecule has 5 N–H and O–H groups in total. The van der Waals surface area contributed by atoms with Crippen molar-refractivity contribution in [3.8, 4) is 0 Å². The second-order valence-electron chi connectivity index (χ2n) is 7.50. The van der Waals surface area contributed by atoms with Crippen LogP contribution in [0, 0.1) is 0 Å². The molecule has 190 valence electrons. The van der Waals surface area contributed by atoms with E-state index in [-0.39, 0.29) is 34.6 Å². The number of hydrogen-bond donors (Lipinski definition) is 5. The fourth-order valence-corrected chi connectivity index (χ4v) is 4.62. The number of carboxylic acids is 1. The highest BCUT2D eigenvalue weighted by molar-refractivity contribution is 8.03. The number of carboxylic acid groups (broad SMARTS) is 1. The van der Waals surface area contributed by atoms with Crippen molar-refractivity contribution in [1.82, 2.24) is 21.3 Å². The molecular weight excluding hydrogens is 531 g/mol. The van der Waals surface area contributed by atoms with Crippen LogP contribution in [-0.4, -0.2) is 53.3 Å². The lowest BCUT2D eigenvalue weighted by atomic mass is 10.1. The summed E-state index contributed by atoms with van der Waals surface area (Å²) in [5.41, 5.74) is 0.386. The van der Waals surface area contributed by atoms with Crippen LogP contribution in [0.3, 0.4) is 0 Å². The number of carbonyl (C=O) groups excluding carboxylic acids is 3. The number of carbonyl (C=O) groups is 4. The fraction of sp³-hybridized carbons (Fsp3) is 0.217. The van der Waals surface area contributed by atoms with E-state index in [2.05, 4.69) is 27.8 Å². The number of thioether (sulfide) groups is 1. The van der Waals surface area contributed by atoms with E-state index in [0.29, 0.717) is 22.1 Å². The maximum atomic E-state index is 12.8. The monoisotopic (exact) mass is 552 g/mol. The van der Waals surface area contributed by atoms with E-state index in [9.17, 15) is 24.3 Å². The number of amides is 3. The Hall–Kier alpha value is -3.25. The van der Waals surface area contributed by atoms with Gasteiger partial charge in [0.05, 0.1) is 21.9 Å². The highest BCUT2D eigenvalue weighted by atomic mass is 35.5. The third kappa shape index (κ3) is 7.37. The Balaban J connectivity index is 1.59. The highest BCUT2D eigenvalue weighted by Crippen LogP contribution is 2.27. The molecule has 1 fully saturated rings. The largest absolute Gasteiger partial charge is 0.480 e. The molecule has 2 heterocycles. The summed E-state index contributed by atoms with van der Waals surface area (Å²) in [6.45, 7) is 3.48. The van der Waals surface area contributed by atoms with Gasteiger partial charge < -0.3 is 25.5 Å². The van der Waals surface area contributed by atoms with Gasteiger partial charge in [-0.05, 0) is 35.9 Å². The normalized spacial score (nSPS) is 16.1. The van der Waals surface area contributed by atoms with Crippen LogP contribution in [0.2, 0.25) is 10.0 Å². The zero-order valence-electron chi connectivity index (χ0n) is 18.7. The molecule has 1 saturated heterocycles. The van der Waals surface area contributed by atoms with Crippen LogP contribution in [0.25, 0.3) is 6.08 Å². The third-order valence-corrected chi connectivity index (χ3v) is 6.46. The van der Waals surface area contributed by atoms with Crippen molar-refractivity contribution in [3.05, 3.63) is 75.0 Å². The lowest BCUT2D eigenvalue weighted by Crippen LogP contribution is -2.51. The van der Waals surface area contributed by atoms with E-state index in [1.54, 1.807) is 12.1 Å². The summed E-state index contributed by atoms with van der Waals surface area (Å²) in [5, 5.41) is 19.8. The number of rotatable bonds is 10. The molecule has 0 aliphatic carbocycles. The number of aliphatic carboxylic acids is 1. The zero-order valence-corrected chi connectivity index (χ0v) is 21.0. The van der Waals surface area contributed by atoms with Gasteiger partial charge in [0.1, 0.15) is 17.8 Å². The summed E-state index contributed by atoms with van der Waals surface area (Å²) in [6, 6.07) is 4.18. The predicted octanol–water partition coefficient (Wildman–Crippen LogP) is 2.39. The average Bonchev–Trinajstić information content (AvgIpc) is 3.50. The Morgan fingerprint density at radius 3 is 2.56 bits per heavy atom. The molecule has 0 radical (unpaired) electrons. The van der Waals surface area contributed by atoms with Crippen LogP contribution in [0.5, 0.6) is 0 Å². The minimum atomic E-state index is -1.43. The van der Waals surface area contributed by atoms with Gasteiger partial charge in [-0.1, -0.05) is 29.8 Å². The molecule has 3 amide bonds. The molecule has 1 aliphatic heterocycles. The van der Waals surface area contributed by atoms with E-state index in [0.717, 1.165) is 0 Å². The molecule has 0 saturated carbocycles. The van der Waals surface area contributed by atoms with Crippen LogP contribution < -0.4 is 21.3 Å². The molecule has 1 aromatic carbocycles. The van der Waals surface area contributed by atoms with Crippen LogP contribution in [0.15, 0.2) is 52.5 Å². The Labute approximate surface area is 220 Å². The van der Waals surface area contributed by atoms with Crippen molar-refractivity contribution >= 4 is 64.7 Å². The summed E-state index contributed by atoms with van der Waals surface area (Å²) in [7, 11) is 0. The van der Waals surface area contributed by atoms with Gasteiger partial charge in [0, 0.05) is 29.9 Å². The topological polar surface area (TPSA) is 150 Å². The molecule has 2 aromatic rings. The van der Waals surface area contributed by atoms with E-state index in [1.807, 2.05) is 0 Å². The molecule has 2 atom stereocenters. The third-order valence-electron chi connectivity index (χ3n) is 4.95. The van der Waals surface area contributed by atoms with Crippen molar-refractivity contribution in [3.63, 3.8) is 0 Å². The first-order chi connectivity index (χ1) is 17.2. The van der Waals surface area contributed by atoms with Crippen molar-refractivity contribution in [1.29, 1.82) is 0 Å². The highest BCUT2D eigenvalue weighted by Gasteiger charge is 2.29. The van der Waals surface area contributed by atoms with Crippen LogP contribution in [0.1, 0.15) is 21.7 Å². The lowest BCUT2D eigenvalue weighted by Gasteiger charge is -2.18. The first kappa shape index (κ1) is 27.3. The number of hydrogen-bond acceptors (Lipinski definition) is 7. The molecule has 1 aromatic heterocycles. The van der Waals surface area contributed by atoms with Crippen LogP contribution in [-0.2, 0) is 20.9 Å². The van der Waals surface area contributed by atoms with Crippen molar-refractivity contribution < 1.29 is 28.7 Å². The second-order valence-corrected chi connectivity index (χ2v) is 9.42. The summed E-state index contributed by atoms with van der Waals surface area (Å²) >= 11 is 13.9. The second kappa shape index (κ2) is 12.6. The van der Waals surface area contributed by atoms with Crippen molar-refractivity contribution in [2.24, 2.45) is 0 Å². The van der Waals surface area contributed by atoms with E-state index >= 15 is 0 Å². The van der Waals surface area contributed by atoms with Crippen LogP contribution >= 0.6 is 35.0 Å². The Morgan fingerprint density at radius 1 is 1.25 bits per heavy atom. The van der Waals surface area contributed by atoms with Gasteiger partial charge in [-0.15, -0.1) is 11.8 Å². The Morgan fingerprint density at radius 2 is 1.97 bits per heavy atom. The maximum absolute atomic E-state index is 12.8. The summed E-state index contributed by atoms with van der Waals surface area (Å²) in [6.07, 6.45) is 4.29. The van der Waals surface area contributed by atoms with E-state index in [4.69, 9.17) is 27.6 Å². The van der Waals surface area contributed by atoms with E-state index in [1.165, 1.54) is 42.3 Å². The molecule has 0 bridgehead atoms. The van der Waals surface area contributed by atoms with E-state index < -0.39 is 29.9 Å². The molecule has 13 heteroatoms. The van der Waals surface area contributed by atoms with Crippen molar-refractivity contribution in [2.75, 3.05) is 12.4 Å². The van der Waals surface area contributed by atoms with Gasteiger partial charge in [0.2, 0.25) is 11.8 Å². The smallest absolute Gasteiger partial charge is 0.328 e. The van der Waals surface area contributed by atoms with Gasteiger partial charge in [-0.2, -0.15) is 0 Å². The lowest BCUT2D eigenvalue weighted by molar-refractivity contribution is -0.139. The van der Waals surface area contributed by atoms with Gasteiger partial charge in [0.25, 0.3) is 5.91 Å². The zero-order chi connectivity index (χ0) is 26.2. The number of furan rings is 1.